The number of thiophene rings is 1. The van der Waals surface area contributed by atoms with E-state index in [0.29, 0.717) is 10.7 Å². The van der Waals surface area contributed by atoms with Crippen LogP contribution >= 0.6 is 23.1 Å². The molecule has 0 spiro atoms. The van der Waals surface area contributed by atoms with Crippen LogP contribution < -0.4 is 5.56 Å². The highest BCUT2D eigenvalue weighted by atomic mass is 32.2. The van der Waals surface area contributed by atoms with Gasteiger partial charge in [-0.05, 0) is 75.9 Å². The van der Waals surface area contributed by atoms with Crippen LogP contribution in [0.25, 0.3) is 21.6 Å². The molecule has 6 rings (SSSR count). The monoisotopic (exact) mass is 525 g/mol. The first-order valence-corrected chi connectivity index (χ1v) is 14.3. The highest BCUT2D eigenvalue weighted by molar-refractivity contribution is 7.99. The molecule has 1 aliphatic rings. The molecule has 5 nitrogen and oxygen atoms in total. The van der Waals surface area contributed by atoms with Gasteiger partial charge < -0.3 is 4.57 Å². The summed E-state index contributed by atoms with van der Waals surface area (Å²) in [5, 5.41) is 1.31. The molecule has 37 heavy (non-hydrogen) atoms. The van der Waals surface area contributed by atoms with Crippen LogP contribution in [-0.4, -0.2) is 25.7 Å². The molecular formula is C30H27N3O2S2. The standard InChI is InChI=1S/C30H27N3O2S2/c1-18-12-14-22(15-13-18)32-19(2)16-24(20(32)3)25(34)17-36-30-31-28-27(23-10-7-11-26(23)37-28)29(35)33(30)21-8-5-4-6-9-21/h4-6,8-9,12-16H,7,10-11,17H2,1-3H3. The minimum Gasteiger partial charge on any atom is -0.318 e. The molecule has 0 atom stereocenters. The SMILES string of the molecule is Cc1ccc(-n2c(C)cc(C(=O)CSc3nc4sc5c(c4c(=O)n3-c3ccccc3)CCC5)c2C)cc1. The predicted octanol–water partition coefficient (Wildman–Crippen LogP) is 6.63. The van der Waals surface area contributed by atoms with E-state index >= 15 is 0 Å². The number of benzene rings is 2. The fourth-order valence-electron chi connectivity index (χ4n) is 5.27. The quantitative estimate of drug-likeness (QED) is 0.142. The van der Waals surface area contributed by atoms with Gasteiger partial charge in [-0.15, -0.1) is 11.3 Å². The van der Waals surface area contributed by atoms with E-state index in [9.17, 15) is 9.59 Å². The highest BCUT2D eigenvalue weighted by Gasteiger charge is 2.25. The minimum atomic E-state index is -0.0388. The van der Waals surface area contributed by atoms with Crippen LogP contribution in [0.3, 0.4) is 0 Å². The average molecular weight is 526 g/mol. The third-order valence-electron chi connectivity index (χ3n) is 7.08. The zero-order valence-electron chi connectivity index (χ0n) is 21.1. The molecule has 0 radical (unpaired) electrons. The van der Waals surface area contributed by atoms with Crippen molar-refractivity contribution in [3.63, 3.8) is 0 Å². The second kappa shape index (κ2) is 9.47. The molecule has 0 saturated heterocycles. The number of ketones is 1. The lowest BCUT2D eigenvalue weighted by molar-refractivity contribution is 0.102. The van der Waals surface area contributed by atoms with E-state index in [1.165, 1.54) is 27.8 Å². The number of fused-ring (bicyclic) bond motifs is 3. The second-order valence-corrected chi connectivity index (χ2v) is 11.6. The van der Waals surface area contributed by atoms with E-state index in [-0.39, 0.29) is 17.1 Å². The Morgan fingerprint density at radius 3 is 2.46 bits per heavy atom. The summed E-state index contributed by atoms with van der Waals surface area (Å²) in [5.41, 5.74) is 6.78. The number of carbonyl (C=O) groups excluding carboxylic acids is 1. The zero-order valence-corrected chi connectivity index (χ0v) is 22.7. The van der Waals surface area contributed by atoms with Crippen molar-refractivity contribution in [1.29, 1.82) is 0 Å². The van der Waals surface area contributed by atoms with E-state index in [4.69, 9.17) is 4.98 Å². The van der Waals surface area contributed by atoms with Gasteiger partial charge in [-0.1, -0.05) is 47.7 Å². The van der Waals surface area contributed by atoms with Gasteiger partial charge in [0.1, 0.15) is 4.83 Å². The van der Waals surface area contributed by atoms with Crippen molar-refractivity contribution in [3.8, 4) is 11.4 Å². The zero-order chi connectivity index (χ0) is 25.7. The van der Waals surface area contributed by atoms with Crippen LogP contribution in [0.2, 0.25) is 0 Å². The van der Waals surface area contributed by atoms with Crippen molar-refractivity contribution in [3.05, 3.63) is 104 Å². The Morgan fingerprint density at radius 2 is 1.70 bits per heavy atom. The Balaban J connectivity index is 1.36. The van der Waals surface area contributed by atoms with Crippen molar-refractivity contribution in [2.45, 2.75) is 45.2 Å². The summed E-state index contributed by atoms with van der Waals surface area (Å²) < 4.78 is 3.80. The molecule has 5 aromatic rings. The number of carbonyl (C=O) groups is 1. The van der Waals surface area contributed by atoms with Crippen molar-refractivity contribution >= 4 is 39.1 Å². The molecule has 0 bridgehead atoms. The molecule has 7 heteroatoms. The van der Waals surface area contributed by atoms with Gasteiger partial charge in [0.25, 0.3) is 5.56 Å². The van der Waals surface area contributed by atoms with Gasteiger partial charge in [-0.2, -0.15) is 0 Å². The normalized spacial score (nSPS) is 12.8. The summed E-state index contributed by atoms with van der Waals surface area (Å²) in [5.74, 6) is 0.229. The summed E-state index contributed by atoms with van der Waals surface area (Å²) in [6.07, 6.45) is 3.04. The Hall–Kier alpha value is -3.42. The molecule has 0 aliphatic heterocycles. The first kappa shape index (κ1) is 23.9. The summed E-state index contributed by atoms with van der Waals surface area (Å²) in [7, 11) is 0. The van der Waals surface area contributed by atoms with Gasteiger partial charge in [0.05, 0.1) is 16.8 Å². The number of aromatic nitrogens is 3. The number of para-hydroxylation sites is 1. The Bertz CT molecular complexity index is 1710. The maximum atomic E-state index is 13.8. The van der Waals surface area contributed by atoms with E-state index in [0.717, 1.165) is 52.2 Å². The molecule has 3 heterocycles. The number of thioether (sulfide) groups is 1. The van der Waals surface area contributed by atoms with Crippen molar-refractivity contribution in [2.24, 2.45) is 0 Å². The molecule has 0 fully saturated rings. The molecule has 2 aromatic carbocycles. The third-order valence-corrected chi connectivity index (χ3v) is 9.20. The van der Waals surface area contributed by atoms with Gasteiger partial charge >= 0.3 is 0 Å². The van der Waals surface area contributed by atoms with Crippen LogP contribution in [0.4, 0.5) is 0 Å². The molecular weight excluding hydrogens is 498 g/mol. The van der Waals surface area contributed by atoms with E-state index < -0.39 is 0 Å². The number of rotatable bonds is 6. The van der Waals surface area contributed by atoms with Crippen molar-refractivity contribution in [2.75, 3.05) is 5.75 Å². The fraction of sp³-hybridized carbons (Fsp3) is 0.233. The van der Waals surface area contributed by atoms with Crippen molar-refractivity contribution in [1.82, 2.24) is 14.1 Å². The lowest BCUT2D eigenvalue weighted by atomic mass is 10.2. The smallest absolute Gasteiger partial charge is 0.267 e. The highest BCUT2D eigenvalue weighted by Crippen LogP contribution is 2.36. The minimum absolute atomic E-state index is 0.0269. The molecule has 0 saturated carbocycles. The third kappa shape index (κ3) is 4.16. The number of Topliss-reactive ketones (excluding diaryl/α,β-unsaturated/α-hetero) is 1. The Kier molecular flexibility index (Phi) is 6.13. The first-order chi connectivity index (χ1) is 17.9. The summed E-state index contributed by atoms with van der Waals surface area (Å²) in [4.78, 5) is 34.2. The van der Waals surface area contributed by atoms with Crippen molar-refractivity contribution < 1.29 is 4.79 Å². The molecule has 0 N–H and O–H groups in total. The number of nitrogens with zero attached hydrogens (tertiary/aromatic N) is 3. The fourth-order valence-corrected chi connectivity index (χ4v) is 7.47. The molecule has 1 aliphatic carbocycles. The average Bonchev–Trinajstić information content (AvgIpc) is 3.56. The Morgan fingerprint density at radius 1 is 0.973 bits per heavy atom. The lowest BCUT2D eigenvalue weighted by Gasteiger charge is -2.12. The van der Waals surface area contributed by atoms with Crippen LogP contribution in [0.1, 0.15) is 44.2 Å². The lowest BCUT2D eigenvalue weighted by Crippen LogP contribution is -2.22. The van der Waals surface area contributed by atoms with E-state index in [1.807, 2.05) is 50.2 Å². The van der Waals surface area contributed by atoms with Gasteiger partial charge in [0.2, 0.25) is 0 Å². The van der Waals surface area contributed by atoms with E-state index in [1.54, 1.807) is 15.9 Å². The number of aryl methyl sites for hydroxylation is 4. The van der Waals surface area contributed by atoms with Gasteiger partial charge in [0, 0.05) is 27.5 Å². The van der Waals surface area contributed by atoms with Crippen LogP contribution in [0, 0.1) is 20.8 Å². The summed E-state index contributed by atoms with van der Waals surface area (Å²) >= 11 is 2.97. The van der Waals surface area contributed by atoms with Crippen LogP contribution in [0.15, 0.2) is 70.6 Å². The van der Waals surface area contributed by atoms with Crippen LogP contribution in [-0.2, 0) is 12.8 Å². The second-order valence-electron chi connectivity index (χ2n) is 9.58. The maximum absolute atomic E-state index is 13.8. The van der Waals surface area contributed by atoms with E-state index in [2.05, 4.69) is 35.8 Å². The predicted molar refractivity (Wildman–Crippen MR) is 152 cm³/mol. The molecule has 186 valence electrons. The number of hydrogen-bond acceptors (Lipinski definition) is 5. The number of hydrogen-bond donors (Lipinski definition) is 0. The largest absolute Gasteiger partial charge is 0.318 e. The topological polar surface area (TPSA) is 56.9 Å². The van der Waals surface area contributed by atoms with Gasteiger partial charge in [-0.25, -0.2) is 4.98 Å². The van der Waals surface area contributed by atoms with Gasteiger partial charge in [0.15, 0.2) is 10.9 Å². The summed E-state index contributed by atoms with van der Waals surface area (Å²) in [6.45, 7) is 6.08. The maximum Gasteiger partial charge on any atom is 0.267 e. The molecule has 0 unspecified atom stereocenters. The molecule has 3 aromatic heterocycles. The Labute approximate surface area is 223 Å². The van der Waals surface area contributed by atoms with Crippen LogP contribution in [0.5, 0.6) is 0 Å². The summed E-state index contributed by atoms with van der Waals surface area (Å²) in [6, 6.07) is 19.9. The van der Waals surface area contributed by atoms with Gasteiger partial charge in [-0.3, -0.25) is 14.2 Å². The molecule has 0 amide bonds. The first-order valence-electron chi connectivity index (χ1n) is 12.5.